The number of benzene rings is 2. The Bertz CT molecular complexity index is 775. The summed E-state index contributed by atoms with van der Waals surface area (Å²) in [5.74, 6) is 0.431. The minimum atomic E-state index is -0.208. The van der Waals surface area contributed by atoms with Crippen LogP contribution < -0.4 is 15.4 Å². The van der Waals surface area contributed by atoms with E-state index in [4.69, 9.17) is 28.6 Å². The number of hydrogen-bond donors (Lipinski definition) is 2. The lowest BCUT2D eigenvalue weighted by Gasteiger charge is -2.14. The normalized spacial score (nSPS) is 10.0. The molecule has 0 saturated carbocycles. The average Bonchev–Trinajstić information content (AvgIpc) is 2.56. The van der Waals surface area contributed by atoms with Crippen LogP contribution in [-0.2, 0) is 11.2 Å². The molecule has 4 nitrogen and oxygen atoms in total. The molecule has 0 aliphatic carbocycles. The van der Waals surface area contributed by atoms with E-state index in [1.807, 2.05) is 31.2 Å². The Morgan fingerprint density at radius 2 is 1.88 bits per heavy atom. The largest absolute Gasteiger partial charge is 0.487 e. The first kappa shape index (κ1) is 19.0. The summed E-state index contributed by atoms with van der Waals surface area (Å²) < 4.78 is 5.66. The number of nitrogens with one attached hydrogen (secondary N) is 2. The van der Waals surface area contributed by atoms with Crippen molar-refractivity contribution < 1.29 is 9.53 Å². The number of para-hydroxylation sites is 2. The molecule has 0 aliphatic rings. The molecule has 25 heavy (non-hydrogen) atoms. The molecule has 0 spiro atoms. The van der Waals surface area contributed by atoms with E-state index in [1.165, 1.54) is 0 Å². The van der Waals surface area contributed by atoms with Crippen molar-refractivity contribution in [1.82, 2.24) is 5.32 Å². The molecule has 0 radical (unpaired) electrons. The van der Waals surface area contributed by atoms with Gasteiger partial charge >= 0.3 is 0 Å². The third-order valence-electron chi connectivity index (χ3n) is 3.14. The number of rotatable bonds is 6. The number of amides is 1. The van der Waals surface area contributed by atoms with Crippen LogP contribution in [0.25, 0.3) is 0 Å². The standard InChI is InChI=1S/C19H19ClN2O2S/c1-13(2)12-24-17-6-4-3-5-16(17)21-19(25)22-18(23)11-14-7-9-15(20)10-8-14/h3-10H,1,11-12H2,2H3,(H2,21,22,23,25). The number of hydrogen-bond acceptors (Lipinski definition) is 3. The van der Waals surface area contributed by atoms with Crippen LogP contribution in [0.2, 0.25) is 5.02 Å². The highest BCUT2D eigenvalue weighted by atomic mass is 35.5. The van der Waals surface area contributed by atoms with Crippen molar-refractivity contribution >= 4 is 40.5 Å². The van der Waals surface area contributed by atoms with Crippen LogP contribution >= 0.6 is 23.8 Å². The van der Waals surface area contributed by atoms with E-state index >= 15 is 0 Å². The lowest BCUT2D eigenvalue weighted by atomic mass is 10.1. The van der Waals surface area contributed by atoms with E-state index in [2.05, 4.69) is 17.2 Å². The van der Waals surface area contributed by atoms with Crippen molar-refractivity contribution in [2.75, 3.05) is 11.9 Å². The van der Waals surface area contributed by atoms with Gasteiger partial charge in [-0.15, -0.1) is 0 Å². The van der Waals surface area contributed by atoms with Gasteiger partial charge in [0.25, 0.3) is 0 Å². The van der Waals surface area contributed by atoms with Crippen LogP contribution in [0.3, 0.4) is 0 Å². The molecule has 2 aromatic carbocycles. The molecule has 0 atom stereocenters. The summed E-state index contributed by atoms with van der Waals surface area (Å²) in [6.07, 6.45) is 0.215. The highest BCUT2D eigenvalue weighted by Gasteiger charge is 2.09. The Kier molecular flexibility index (Phi) is 6.98. The van der Waals surface area contributed by atoms with Crippen LogP contribution in [0.1, 0.15) is 12.5 Å². The maximum atomic E-state index is 12.1. The van der Waals surface area contributed by atoms with Gasteiger partial charge in [0.15, 0.2) is 5.11 Å². The summed E-state index contributed by atoms with van der Waals surface area (Å²) >= 11 is 11.0. The summed E-state index contributed by atoms with van der Waals surface area (Å²) in [5, 5.41) is 6.49. The van der Waals surface area contributed by atoms with Crippen molar-refractivity contribution in [1.29, 1.82) is 0 Å². The van der Waals surface area contributed by atoms with Crippen LogP contribution in [0, 0.1) is 0 Å². The van der Waals surface area contributed by atoms with Crippen molar-refractivity contribution in [2.45, 2.75) is 13.3 Å². The Morgan fingerprint density at radius 3 is 2.56 bits per heavy atom. The van der Waals surface area contributed by atoms with Gasteiger partial charge in [0.2, 0.25) is 5.91 Å². The Balaban J connectivity index is 1.92. The topological polar surface area (TPSA) is 50.4 Å². The van der Waals surface area contributed by atoms with E-state index in [1.54, 1.807) is 24.3 Å². The molecule has 6 heteroatoms. The second kappa shape index (κ2) is 9.20. The third-order valence-corrected chi connectivity index (χ3v) is 3.60. The molecule has 0 unspecified atom stereocenters. The molecule has 0 saturated heterocycles. The Morgan fingerprint density at radius 1 is 1.20 bits per heavy atom. The SMILES string of the molecule is C=C(C)COc1ccccc1NC(=S)NC(=O)Cc1ccc(Cl)cc1. The molecule has 2 aromatic rings. The van der Waals surface area contributed by atoms with Gasteiger partial charge < -0.3 is 15.4 Å². The predicted octanol–water partition coefficient (Wildman–Crippen LogP) is 4.35. The van der Waals surface area contributed by atoms with E-state index in [-0.39, 0.29) is 17.4 Å². The number of carbonyl (C=O) groups is 1. The number of halogens is 1. The monoisotopic (exact) mass is 374 g/mol. The van der Waals surface area contributed by atoms with E-state index in [0.717, 1.165) is 11.1 Å². The lowest BCUT2D eigenvalue weighted by Crippen LogP contribution is -2.35. The number of thiocarbonyl (C=S) groups is 1. The van der Waals surface area contributed by atoms with E-state index < -0.39 is 0 Å². The van der Waals surface area contributed by atoms with Crippen LogP contribution in [0.15, 0.2) is 60.7 Å². The second-order valence-electron chi connectivity index (χ2n) is 5.55. The van der Waals surface area contributed by atoms with Gasteiger partial charge in [0.05, 0.1) is 12.1 Å². The van der Waals surface area contributed by atoms with Gasteiger partial charge in [-0.25, -0.2) is 0 Å². The number of ether oxygens (including phenoxy) is 1. The highest BCUT2D eigenvalue weighted by Crippen LogP contribution is 2.24. The first-order chi connectivity index (χ1) is 11.9. The molecule has 0 aromatic heterocycles. The van der Waals surface area contributed by atoms with Crippen molar-refractivity contribution in [3.63, 3.8) is 0 Å². The average molecular weight is 375 g/mol. The Labute approximate surface area is 157 Å². The summed E-state index contributed by atoms with van der Waals surface area (Å²) in [6, 6.07) is 14.5. The maximum Gasteiger partial charge on any atom is 0.230 e. The van der Waals surface area contributed by atoms with Gasteiger partial charge in [-0.3, -0.25) is 4.79 Å². The minimum Gasteiger partial charge on any atom is -0.487 e. The van der Waals surface area contributed by atoms with Crippen LogP contribution in [0.4, 0.5) is 5.69 Å². The summed E-state index contributed by atoms with van der Waals surface area (Å²) in [6.45, 7) is 6.11. The van der Waals surface area contributed by atoms with E-state index in [9.17, 15) is 4.79 Å². The van der Waals surface area contributed by atoms with Crippen molar-refractivity contribution in [3.05, 3.63) is 71.3 Å². The Hall–Kier alpha value is -2.37. The maximum absolute atomic E-state index is 12.1. The molecule has 130 valence electrons. The van der Waals surface area contributed by atoms with Crippen molar-refractivity contribution in [3.8, 4) is 5.75 Å². The number of carbonyl (C=O) groups excluding carboxylic acids is 1. The quantitative estimate of drug-likeness (QED) is 0.583. The lowest BCUT2D eigenvalue weighted by molar-refractivity contribution is -0.119. The van der Waals surface area contributed by atoms with Gasteiger partial charge in [-0.05, 0) is 54.5 Å². The smallest absolute Gasteiger partial charge is 0.230 e. The molecule has 0 fully saturated rings. The first-order valence-electron chi connectivity index (χ1n) is 7.65. The third kappa shape index (κ3) is 6.57. The van der Waals surface area contributed by atoms with Crippen LogP contribution in [0.5, 0.6) is 5.75 Å². The molecular weight excluding hydrogens is 356 g/mol. The minimum absolute atomic E-state index is 0.208. The van der Waals surface area contributed by atoms with E-state index in [0.29, 0.717) is 23.1 Å². The van der Waals surface area contributed by atoms with Gasteiger partial charge in [0, 0.05) is 5.02 Å². The number of anilines is 1. The summed E-state index contributed by atoms with van der Waals surface area (Å²) in [4.78, 5) is 12.1. The zero-order chi connectivity index (χ0) is 18.2. The molecular formula is C19H19ClN2O2S. The van der Waals surface area contributed by atoms with Gasteiger partial charge in [0.1, 0.15) is 12.4 Å². The molecule has 2 rings (SSSR count). The fourth-order valence-corrected chi connectivity index (χ4v) is 2.36. The fraction of sp³-hybridized carbons (Fsp3) is 0.158. The fourth-order valence-electron chi connectivity index (χ4n) is 2.01. The second-order valence-corrected chi connectivity index (χ2v) is 6.39. The summed E-state index contributed by atoms with van der Waals surface area (Å²) in [7, 11) is 0. The zero-order valence-electron chi connectivity index (χ0n) is 13.8. The molecule has 0 aliphatic heterocycles. The van der Waals surface area contributed by atoms with Gasteiger partial charge in [-0.2, -0.15) is 0 Å². The summed E-state index contributed by atoms with van der Waals surface area (Å²) in [5.41, 5.74) is 2.45. The van der Waals surface area contributed by atoms with Crippen LogP contribution in [-0.4, -0.2) is 17.6 Å². The first-order valence-corrected chi connectivity index (χ1v) is 8.44. The molecule has 1 amide bonds. The predicted molar refractivity (Wildman–Crippen MR) is 106 cm³/mol. The molecule has 0 bridgehead atoms. The molecule has 2 N–H and O–H groups in total. The highest BCUT2D eigenvalue weighted by molar-refractivity contribution is 7.80. The molecule has 0 heterocycles. The van der Waals surface area contributed by atoms with Gasteiger partial charge in [-0.1, -0.05) is 42.4 Å². The van der Waals surface area contributed by atoms with Crippen molar-refractivity contribution in [2.24, 2.45) is 0 Å². The zero-order valence-corrected chi connectivity index (χ0v) is 15.4.